The first-order valence-corrected chi connectivity index (χ1v) is 12.9. The second-order valence-electron chi connectivity index (χ2n) is 9.49. The molecule has 1 aliphatic carbocycles. The van der Waals surface area contributed by atoms with Gasteiger partial charge in [0.15, 0.2) is 0 Å². The predicted octanol–water partition coefficient (Wildman–Crippen LogP) is 6.58. The van der Waals surface area contributed by atoms with Crippen LogP contribution in [0.5, 0.6) is 0 Å². The van der Waals surface area contributed by atoms with Crippen molar-refractivity contribution in [3.8, 4) is 0 Å². The normalized spacial score (nSPS) is 23.6. The summed E-state index contributed by atoms with van der Waals surface area (Å²) in [5.41, 5.74) is 4.30. The third kappa shape index (κ3) is 8.95. The van der Waals surface area contributed by atoms with Crippen molar-refractivity contribution >= 4 is 10.4 Å². The van der Waals surface area contributed by atoms with Crippen molar-refractivity contribution in [3.05, 3.63) is 47.5 Å². The summed E-state index contributed by atoms with van der Waals surface area (Å²) in [5.74, 6) is 0.747. The average Bonchev–Trinajstić information content (AvgIpc) is 3.21. The molecule has 0 radical (unpaired) electrons. The topological polar surface area (TPSA) is 79.6 Å². The minimum atomic E-state index is -4.65. The summed E-state index contributed by atoms with van der Waals surface area (Å²) in [7, 11) is -4.65. The van der Waals surface area contributed by atoms with Crippen molar-refractivity contribution in [2.45, 2.75) is 85.5 Å². The van der Waals surface area contributed by atoms with Gasteiger partial charge in [0.1, 0.15) is 0 Å². The SMILES string of the molecule is CC1=CCC[C@@H](C)C1(C)CC/C(C)=C/CCC(CCCc1ccoc1)COS(=O)(=O)[O-]. The van der Waals surface area contributed by atoms with E-state index in [9.17, 15) is 13.0 Å². The summed E-state index contributed by atoms with van der Waals surface area (Å²) < 4.78 is 42.3. The highest BCUT2D eigenvalue weighted by Crippen LogP contribution is 2.45. The average molecular weight is 452 g/mol. The number of hydrogen-bond donors (Lipinski definition) is 0. The van der Waals surface area contributed by atoms with Gasteiger partial charge in [-0.25, -0.2) is 8.42 Å². The molecule has 2 unspecified atom stereocenters. The lowest BCUT2D eigenvalue weighted by Gasteiger charge is -2.40. The van der Waals surface area contributed by atoms with Crippen LogP contribution in [-0.4, -0.2) is 19.6 Å². The van der Waals surface area contributed by atoms with Gasteiger partial charge >= 0.3 is 0 Å². The first-order chi connectivity index (χ1) is 14.6. The standard InChI is InChI=1S/C25H40O5S/c1-20(14-16-25(4)21(2)9-6-10-22(25)3)8-5-11-23(19-30-31(26,27)28)12-7-13-24-15-17-29-18-24/h8-9,15,17-18,22-23H,5-7,10-14,16,19H2,1-4H3,(H,26,27,28)/p-1/b20-8+/t22-,23?,25?/m1/s1. The first-order valence-electron chi connectivity index (χ1n) is 11.5. The van der Waals surface area contributed by atoms with Crippen LogP contribution in [0.3, 0.4) is 0 Å². The van der Waals surface area contributed by atoms with Gasteiger partial charge in [-0.3, -0.25) is 4.18 Å². The zero-order valence-electron chi connectivity index (χ0n) is 19.6. The van der Waals surface area contributed by atoms with Crippen LogP contribution in [0.15, 0.2) is 46.3 Å². The number of allylic oxidation sites excluding steroid dienone is 4. The molecule has 1 aromatic heterocycles. The predicted molar refractivity (Wildman–Crippen MR) is 123 cm³/mol. The Morgan fingerprint density at radius 3 is 2.84 bits per heavy atom. The van der Waals surface area contributed by atoms with Crippen LogP contribution in [-0.2, 0) is 21.0 Å². The van der Waals surface area contributed by atoms with Gasteiger partial charge in [-0.2, -0.15) is 0 Å². The highest BCUT2D eigenvalue weighted by Gasteiger charge is 2.34. The van der Waals surface area contributed by atoms with Gasteiger partial charge in [0, 0.05) is 0 Å². The molecular formula is C25H39O5S-. The number of furan rings is 1. The van der Waals surface area contributed by atoms with E-state index >= 15 is 0 Å². The molecule has 6 heteroatoms. The summed E-state index contributed by atoms with van der Waals surface area (Å²) in [4.78, 5) is 0. The minimum absolute atomic E-state index is 0.0380. The van der Waals surface area contributed by atoms with E-state index in [1.54, 1.807) is 12.5 Å². The fourth-order valence-electron chi connectivity index (χ4n) is 4.58. The molecule has 31 heavy (non-hydrogen) atoms. The van der Waals surface area contributed by atoms with Gasteiger partial charge in [0.25, 0.3) is 0 Å². The van der Waals surface area contributed by atoms with Crippen molar-refractivity contribution < 1.29 is 21.6 Å². The molecule has 0 amide bonds. The van der Waals surface area contributed by atoms with Gasteiger partial charge < -0.3 is 8.97 Å². The van der Waals surface area contributed by atoms with Crippen LogP contribution in [0.25, 0.3) is 0 Å². The summed E-state index contributed by atoms with van der Waals surface area (Å²) in [6.07, 6.45) is 17.0. The number of rotatable bonds is 13. The van der Waals surface area contributed by atoms with E-state index in [0.29, 0.717) is 5.92 Å². The molecule has 0 spiro atoms. The van der Waals surface area contributed by atoms with E-state index in [1.807, 2.05) is 6.07 Å². The molecule has 1 heterocycles. The van der Waals surface area contributed by atoms with E-state index in [-0.39, 0.29) is 17.9 Å². The Morgan fingerprint density at radius 1 is 1.42 bits per heavy atom. The van der Waals surface area contributed by atoms with Crippen LogP contribution >= 0.6 is 0 Å². The van der Waals surface area contributed by atoms with Crippen LogP contribution in [0, 0.1) is 17.3 Å². The van der Waals surface area contributed by atoms with Crippen LogP contribution in [0.1, 0.15) is 84.6 Å². The molecule has 0 fully saturated rings. The Hall–Kier alpha value is -1.37. The van der Waals surface area contributed by atoms with E-state index in [4.69, 9.17) is 4.42 Å². The highest BCUT2D eigenvalue weighted by atomic mass is 32.3. The van der Waals surface area contributed by atoms with Gasteiger partial charge in [0.05, 0.1) is 19.1 Å². The molecule has 0 N–H and O–H groups in total. The van der Waals surface area contributed by atoms with Gasteiger partial charge in [-0.05, 0) is 101 Å². The van der Waals surface area contributed by atoms with Gasteiger partial charge in [-0.1, -0.05) is 37.1 Å². The molecular weight excluding hydrogens is 412 g/mol. The summed E-state index contributed by atoms with van der Waals surface area (Å²) in [6, 6.07) is 1.93. The fraction of sp³-hybridized carbons (Fsp3) is 0.680. The van der Waals surface area contributed by atoms with E-state index in [2.05, 4.69) is 44.0 Å². The molecule has 0 bridgehead atoms. The van der Waals surface area contributed by atoms with E-state index in [0.717, 1.165) is 50.5 Å². The van der Waals surface area contributed by atoms with Gasteiger partial charge in [0.2, 0.25) is 10.4 Å². The Labute approximate surface area is 188 Å². The summed E-state index contributed by atoms with van der Waals surface area (Å²) in [6.45, 7) is 9.18. The first kappa shape index (κ1) is 25.9. The van der Waals surface area contributed by atoms with Crippen LogP contribution in [0.2, 0.25) is 0 Å². The second kappa shape index (κ2) is 12.0. The molecule has 0 saturated carbocycles. The Kier molecular flexibility index (Phi) is 10.0. The van der Waals surface area contributed by atoms with Crippen molar-refractivity contribution in [2.75, 3.05) is 6.61 Å². The lowest BCUT2D eigenvalue weighted by atomic mass is 9.65. The quantitative estimate of drug-likeness (QED) is 0.192. The zero-order chi connectivity index (χ0) is 22.9. The highest BCUT2D eigenvalue weighted by molar-refractivity contribution is 7.80. The lowest BCUT2D eigenvalue weighted by Crippen LogP contribution is -2.29. The summed E-state index contributed by atoms with van der Waals surface area (Å²) in [5, 5.41) is 0. The van der Waals surface area contributed by atoms with Gasteiger partial charge in [-0.15, -0.1) is 0 Å². The maximum Gasteiger partial charge on any atom is 0.217 e. The van der Waals surface area contributed by atoms with Crippen LogP contribution < -0.4 is 0 Å². The molecule has 1 aliphatic rings. The van der Waals surface area contributed by atoms with Crippen molar-refractivity contribution in [1.29, 1.82) is 0 Å². The monoisotopic (exact) mass is 451 g/mol. The second-order valence-corrected chi connectivity index (χ2v) is 10.5. The molecule has 0 aromatic carbocycles. The lowest BCUT2D eigenvalue weighted by molar-refractivity contribution is 0.204. The molecule has 5 nitrogen and oxygen atoms in total. The molecule has 0 saturated heterocycles. The molecule has 176 valence electrons. The molecule has 0 aliphatic heterocycles. The smallest absolute Gasteiger partial charge is 0.217 e. The number of hydrogen-bond acceptors (Lipinski definition) is 5. The molecule has 3 atom stereocenters. The fourth-order valence-corrected chi connectivity index (χ4v) is 4.94. The third-order valence-electron chi connectivity index (χ3n) is 7.25. The van der Waals surface area contributed by atoms with Crippen molar-refractivity contribution in [2.24, 2.45) is 17.3 Å². The summed E-state index contributed by atoms with van der Waals surface area (Å²) >= 11 is 0. The zero-order valence-corrected chi connectivity index (χ0v) is 20.4. The van der Waals surface area contributed by atoms with E-state index < -0.39 is 10.4 Å². The van der Waals surface area contributed by atoms with Crippen molar-refractivity contribution in [3.63, 3.8) is 0 Å². The maximum absolute atomic E-state index is 10.9. The largest absolute Gasteiger partial charge is 0.726 e. The maximum atomic E-state index is 10.9. The Balaban J connectivity index is 1.83. The molecule has 2 rings (SSSR count). The minimum Gasteiger partial charge on any atom is -0.726 e. The van der Waals surface area contributed by atoms with E-state index in [1.165, 1.54) is 24.0 Å². The van der Waals surface area contributed by atoms with Crippen LogP contribution in [0.4, 0.5) is 0 Å². The molecule has 1 aromatic rings. The van der Waals surface area contributed by atoms with Crippen molar-refractivity contribution in [1.82, 2.24) is 0 Å². The third-order valence-corrected chi connectivity index (χ3v) is 7.68. The Bertz CT molecular complexity index is 822. The number of aryl methyl sites for hydroxylation is 1. The Morgan fingerprint density at radius 2 is 2.19 bits per heavy atom.